The van der Waals surface area contributed by atoms with Crippen molar-refractivity contribution < 1.29 is 14.3 Å². The van der Waals surface area contributed by atoms with Crippen LogP contribution in [0.25, 0.3) is 0 Å². The molecule has 1 fully saturated rings. The topological polar surface area (TPSA) is 56.3 Å². The van der Waals surface area contributed by atoms with Crippen LogP contribution in [0.4, 0.5) is 0 Å². The molecule has 0 bridgehead atoms. The molecule has 0 radical (unpaired) electrons. The third-order valence-corrected chi connectivity index (χ3v) is 9.10. The highest BCUT2D eigenvalue weighted by Crippen LogP contribution is 2.60. The number of benzene rings is 1. The van der Waals surface area contributed by atoms with Crippen molar-refractivity contribution in [2.75, 3.05) is 0 Å². The molecule has 6 rings (SSSR count). The molecule has 4 nitrogen and oxygen atoms in total. The van der Waals surface area contributed by atoms with Gasteiger partial charge < -0.3 is 4.74 Å². The van der Waals surface area contributed by atoms with Crippen molar-refractivity contribution in [2.45, 2.75) is 84.0 Å². The molecule has 0 saturated heterocycles. The number of hydrogen-bond acceptors (Lipinski definition) is 4. The van der Waals surface area contributed by atoms with Gasteiger partial charge in [-0.25, -0.2) is 0 Å². The lowest BCUT2D eigenvalue weighted by Crippen LogP contribution is -2.43. The van der Waals surface area contributed by atoms with Crippen LogP contribution in [0.1, 0.15) is 97.7 Å². The average molecular weight is 444 g/mol. The summed E-state index contributed by atoms with van der Waals surface area (Å²) in [6.45, 7) is 8.26. The maximum atomic E-state index is 12.9. The van der Waals surface area contributed by atoms with Crippen LogP contribution in [0, 0.1) is 17.3 Å². The fraction of sp³-hybridized carbons (Fsp3) is 0.552. The van der Waals surface area contributed by atoms with Crippen molar-refractivity contribution in [1.29, 1.82) is 0 Å². The zero-order valence-corrected chi connectivity index (χ0v) is 20.2. The first kappa shape index (κ1) is 21.1. The molecule has 4 aliphatic carbocycles. The van der Waals surface area contributed by atoms with Crippen LogP contribution in [0.15, 0.2) is 24.3 Å². The number of pyridine rings is 1. The number of aromatic nitrogens is 1. The summed E-state index contributed by atoms with van der Waals surface area (Å²) in [5.74, 6) is 2.43. The maximum absolute atomic E-state index is 12.9. The summed E-state index contributed by atoms with van der Waals surface area (Å²) < 4.78 is 5.34. The lowest BCUT2D eigenvalue weighted by molar-refractivity contribution is -0.131. The lowest BCUT2D eigenvalue weighted by atomic mass is 9.55. The summed E-state index contributed by atoms with van der Waals surface area (Å²) in [7, 11) is 0. The number of esters is 1. The Kier molecular flexibility index (Phi) is 4.47. The van der Waals surface area contributed by atoms with E-state index >= 15 is 0 Å². The van der Waals surface area contributed by atoms with Crippen LogP contribution in [0.5, 0.6) is 5.75 Å². The van der Waals surface area contributed by atoms with Gasteiger partial charge in [0.25, 0.3) is 0 Å². The van der Waals surface area contributed by atoms with Crippen molar-refractivity contribution in [1.82, 2.24) is 4.98 Å². The average Bonchev–Trinajstić information content (AvgIpc) is 3.03. The van der Waals surface area contributed by atoms with Crippen LogP contribution < -0.4 is 4.74 Å². The molecule has 1 aromatic heterocycles. The molecule has 2 aromatic rings. The molecule has 0 amide bonds. The lowest BCUT2D eigenvalue weighted by Gasteiger charge is -2.49. The van der Waals surface area contributed by atoms with E-state index in [1.54, 1.807) is 0 Å². The van der Waals surface area contributed by atoms with E-state index in [0.29, 0.717) is 29.9 Å². The van der Waals surface area contributed by atoms with Crippen LogP contribution in [0.3, 0.4) is 0 Å². The molecule has 1 saturated carbocycles. The number of ether oxygens (including phenoxy) is 1. The van der Waals surface area contributed by atoms with Gasteiger partial charge in [0.15, 0.2) is 5.78 Å². The van der Waals surface area contributed by atoms with Gasteiger partial charge in [0, 0.05) is 24.3 Å². The van der Waals surface area contributed by atoms with Crippen molar-refractivity contribution in [3.8, 4) is 5.75 Å². The van der Waals surface area contributed by atoms with Gasteiger partial charge in [0.2, 0.25) is 0 Å². The summed E-state index contributed by atoms with van der Waals surface area (Å²) in [4.78, 5) is 29.5. The normalized spacial score (nSPS) is 31.0. The zero-order valence-electron chi connectivity index (χ0n) is 20.2. The van der Waals surface area contributed by atoms with Gasteiger partial charge in [-0.2, -0.15) is 0 Å². The quantitative estimate of drug-likeness (QED) is 0.417. The largest absolute Gasteiger partial charge is 0.427 e. The van der Waals surface area contributed by atoms with Gasteiger partial charge >= 0.3 is 5.97 Å². The second-order valence-electron chi connectivity index (χ2n) is 12.0. The van der Waals surface area contributed by atoms with E-state index in [-0.39, 0.29) is 22.6 Å². The number of hydrogen-bond donors (Lipinski definition) is 0. The van der Waals surface area contributed by atoms with E-state index in [0.717, 1.165) is 36.9 Å². The monoisotopic (exact) mass is 443 g/mol. The van der Waals surface area contributed by atoms with Crippen LogP contribution in [-0.2, 0) is 29.5 Å². The molecule has 0 aliphatic heterocycles. The Morgan fingerprint density at radius 1 is 1.09 bits per heavy atom. The smallest absolute Gasteiger partial charge is 0.308 e. The van der Waals surface area contributed by atoms with Gasteiger partial charge in [-0.15, -0.1) is 0 Å². The highest BCUT2D eigenvalue weighted by Gasteiger charge is 2.54. The van der Waals surface area contributed by atoms with E-state index in [4.69, 9.17) is 9.72 Å². The third kappa shape index (κ3) is 3.20. The molecule has 4 aliphatic rings. The number of rotatable bonds is 1. The molecule has 1 aromatic carbocycles. The summed E-state index contributed by atoms with van der Waals surface area (Å²) in [5.41, 5.74) is 7.42. The number of aryl methyl sites for hydroxylation is 1. The van der Waals surface area contributed by atoms with E-state index in [1.165, 1.54) is 42.1 Å². The minimum Gasteiger partial charge on any atom is -0.427 e. The van der Waals surface area contributed by atoms with Gasteiger partial charge in [-0.05, 0) is 96.6 Å². The van der Waals surface area contributed by atoms with E-state index in [2.05, 4.69) is 39.0 Å². The number of nitrogens with zero attached hydrogens (tertiary/aromatic N) is 1. The first-order valence-electron chi connectivity index (χ1n) is 12.5. The Bertz CT molecular complexity index is 1200. The molecule has 1 unspecified atom stereocenters. The second kappa shape index (κ2) is 7.01. The molecule has 4 atom stereocenters. The number of Topliss-reactive ketones (excluding diaryl/α,β-unsaturated/α-hetero) is 1. The molecule has 4 heteroatoms. The fourth-order valence-corrected chi connectivity index (χ4v) is 7.68. The third-order valence-electron chi connectivity index (χ3n) is 9.10. The van der Waals surface area contributed by atoms with Gasteiger partial charge in [0.05, 0.1) is 11.4 Å². The van der Waals surface area contributed by atoms with Gasteiger partial charge in [0.1, 0.15) is 5.75 Å². The summed E-state index contributed by atoms with van der Waals surface area (Å²) in [5, 5.41) is 0. The van der Waals surface area contributed by atoms with E-state index in [9.17, 15) is 9.59 Å². The van der Waals surface area contributed by atoms with Gasteiger partial charge in [-0.1, -0.05) is 26.8 Å². The highest BCUT2D eigenvalue weighted by atomic mass is 16.5. The molecule has 33 heavy (non-hydrogen) atoms. The molecular weight excluding hydrogens is 410 g/mol. The molecule has 0 spiro atoms. The summed E-state index contributed by atoms with van der Waals surface area (Å²) in [6, 6.07) is 8.46. The standard InChI is InChI=1S/C29H33NO3/c1-16(31)33-19-6-8-20-17(11-19)5-7-22-21(20)9-10-29(4)24(22)13-18-12-23-25(30-27(18)29)14-28(2,3)15-26(23)32/h6,8,11-12,21-22,24H,5,7,9-10,13-15H2,1-4H3/t21?,22-,24+,29+/m1/s1. The fourth-order valence-electron chi connectivity index (χ4n) is 7.68. The van der Waals surface area contributed by atoms with Crippen molar-refractivity contribution in [2.24, 2.45) is 17.3 Å². The number of carbonyl (C=O) groups is 2. The minimum atomic E-state index is -0.266. The Morgan fingerprint density at radius 3 is 2.70 bits per heavy atom. The molecule has 0 N–H and O–H groups in total. The molecular formula is C29H33NO3. The number of carbonyl (C=O) groups excluding carboxylic acids is 2. The maximum Gasteiger partial charge on any atom is 0.308 e. The zero-order chi connectivity index (χ0) is 23.1. The number of fused-ring (bicyclic) bond motifs is 8. The van der Waals surface area contributed by atoms with Crippen molar-refractivity contribution in [3.05, 3.63) is 57.9 Å². The first-order valence-corrected chi connectivity index (χ1v) is 12.5. The van der Waals surface area contributed by atoms with Crippen LogP contribution in [0.2, 0.25) is 0 Å². The Balaban J connectivity index is 1.34. The van der Waals surface area contributed by atoms with E-state index in [1.807, 2.05) is 6.07 Å². The molecule has 172 valence electrons. The Labute approximate surface area is 196 Å². The van der Waals surface area contributed by atoms with E-state index < -0.39 is 0 Å². The van der Waals surface area contributed by atoms with Crippen molar-refractivity contribution >= 4 is 11.8 Å². The second-order valence-corrected chi connectivity index (χ2v) is 12.0. The Hall–Kier alpha value is -2.49. The Morgan fingerprint density at radius 2 is 1.91 bits per heavy atom. The number of ketones is 1. The van der Waals surface area contributed by atoms with Gasteiger partial charge in [-0.3, -0.25) is 14.6 Å². The van der Waals surface area contributed by atoms with Crippen molar-refractivity contribution in [3.63, 3.8) is 0 Å². The predicted molar refractivity (Wildman–Crippen MR) is 127 cm³/mol. The predicted octanol–water partition coefficient (Wildman–Crippen LogP) is 5.73. The summed E-state index contributed by atoms with van der Waals surface area (Å²) in [6.07, 6.45) is 7.07. The highest BCUT2D eigenvalue weighted by molar-refractivity contribution is 5.98. The van der Waals surface area contributed by atoms with Crippen LogP contribution >= 0.6 is 0 Å². The SMILES string of the molecule is CC(=O)Oc1ccc2c(c1)CC[C@@H]1C2CC[C@]2(C)c3nc4c(cc3C[C@@H]12)C(=O)CC(C)(C)C4. The van der Waals surface area contributed by atoms with Crippen LogP contribution in [-0.4, -0.2) is 16.7 Å². The first-order chi connectivity index (χ1) is 15.6. The summed E-state index contributed by atoms with van der Waals surface area (Å²) >= 11 is 0. The molecule has 1 heterocycles. The minimum absolute atomic E-state index is 0.0000722.